The lowest BCUT2D eigenvalue weighted by Crippen LogP contribution is -2.44. The van der Waals surface area contributed by atoms with Crippen LogP contribution in [0.3, 0.4) is 0 Å². The standard InChI is InChI=1S/C17H22O2S/c18-16(12-14-4-2-1-3-5-14)15-6-9-19-17(13-15)7-10-20-11-8-17/h1-5,15H,6-13H2. The fourth-order valence-electron chi connectivity index (χ4n) is 3.34. The van der Waals surface area contributed by atoms with Crippen molar-refractivity contribution in [1.82, 2.24) is 0 Å². The highest BCUT2D eigenvalue weighted by molar-refractivity contribution is 7.99. The monoisotopic (exact) mass is 290 g/mol. The molecule has 1 spiro atoms. The Bertz CT molecular complexity index is 446. The maximum Gasteiger partial charge on any atom is 0.140 e. The molecule has 0 N–H and O–H groups in total. The number of carbonyl (C=O) groups is 1. The lowest BCUT2D eigenvalue weighted by atomic mass is 9.79. The molecule has 20 heavy (non-hydrogen) atoms. The number of rotatable bonds is 3. The molecular formula is C17H22O2S. The molecule has 0 aliphatic carbocycles. The largest absolute Gasteiger partial charge is 0.375 e. The average Bonchev–Trinajstić information content (AvgIpc) is 2.49. The van der Waals surface area contributed by atoms with Crippen LogP contribution in [0, 0.1) is 5.92 Å². The fourth-order valence-corrected chi connectivity index (χ4v) is 4.57. The molecule has 3 heteroatoms. The van der Waals surface area contributed by atoms with Gasteiger partial charge in [0.15, 0.2) is 0 Å². The van der Waals surface area contributed by atoms with Gasteiger partial charge >= 0.3 is 0 Å². The molecule has 3 rings (SSSR count). The third-order valence-corrected chi connectivity index (χ3v) is 5.56. The van der Waals surface area contributed by atoms with E-state index in [2.05, 4.69) is 0 Å². The summed E-state index contributed by atoms with van der Waals surface area (Å²) in [7, 11) is 0. The van der Waals surface area contributed by atoms with Gasteiger partial charge in [-0.3, -0.25) is 4.79 Å². The number of Topliss-reactive ketones (excluding diaryl/α,β-unsaturated/α-hetero) is 1. The van der Waals surface area contributed by atoms with Gasteiger partial charge in [-0.05, 0) is 42.8 Å². The molecule has 2 fully saturated rings. The first kappa shape index (κ1) is 14.2. The normalized spacial score (nSPS) is 25.5. The molecule has 2 aliphatic heterocycles. The molecule has 0 radical (unpaired) electrons. The molecule has 2 heterocycles. The van der Waals surface area contributed by atoms with Gasteiger partial charge in [-0.2, -0.15) is 11.8 Å². The van der Waals surface area contributed by atoms with Gasteiger partial charge in [0.25, 0.3) is 0 Å². The molecule has 0 bridgehead atoms. The summed E-state index contributed by atoms with van der Waals surface area (Å²) < 4.78 is 6.07. The van der Waals surface area contributed by atoms with Crippen molar-refractivity contribution in [2.75, 3.05) is 18.1 Å². The summed E-state index contributed by atoms with van der Waals surface area (Å²) >= 11 is 2.01. The molecule has 2 nitrogen and oxygen atoms in total. The van der Waals surface area contributed by atoms with Gasteiger partial charge in [0.2, 0.25) is 0 Å². The number of carbonyl (C=O) groups excluding carboxylic acids is 1. The van der Waals surface area contributed by atoms with Gasteiger partial charge < -0.3 is 4.74 Å². The number of ether oxygens (including phenoxy) is 1. The van der Waals surface area contributed by atoms with Crippen LogP contribution in [0.15, 0.2) is 30.3 Å². The van der Waals surface area contributed by atoms with Crippen molar-refractivity contribution < 1.29 is 9.53 Å². The molecular weight excluding hydrogens is 268 g/mol. The Labute approximate surface area is 125 Å². The third-order valence-electron chi connectivity index (χ3n) is 4.57. The highest BCUT2D eigenvalue weighted by atomic mass is 32.2. The molecule has 1 atom stereocenters. The number of thioether (sulfide) groups is 1. The van der Waals surface area contributed by atoms with E-state index in [1.54, 1.807) is 0 Å². The molecule has 1 aromatic carbocycles. The summed E-state index contributed by atoms with van der Waals surface area (Å²) in [5, 5.41) is 0. The summed E-state index contributed by atoms with van der Waals surface area (Å²) in [6.45, 7) is 0.760. The zero-order valence-electron chi connectivity index (χ0n) is 11.8. The Morgan fingerprint density at radius 3 is 2.75 bits per heavy atom. The summed E-state index contributed by atoms with van der Waals surface area (Å²) in [6, 6.07) is 10.1. The van der Waals surface area contributed by atoms with E-state index in [1.807, 2.05) is 42.1 Å². The molecule has 1 unspecified atom stereocenters. The summed E-state index contributed by atoms with van der Waals surface area (Å²) in [5.41, 5.74) is 1.15. The van der Waals surface area contributed by atoms with Crippen LogP contribution in [0.2, 0.25) is 0 Å². The van der Waals surface area contributed by atoms with E-state index in [0.717, 1.165) is 37.9 Å². The lowest BCUT2D eigenvalue weighted by molar-refractivity contribution is -0.137. The van der Waals surface area contributed by atoms with Crippen molar-refractivity contribution in [3.05, 3.63) is 35.9 Å². The topological polar surface area (TPSA) is 26.3 Å². The van der Waals surface area contributed by atoms with E-state index < -0.39 is 0 Å². The second kappa shape index (κ2) is 6.31. The Morgan fingerprint density at radius 2 is 2.00 bits per heavy atom. The van der Waals surface area contributed by atoms with Gasteiger partial charge in [-0.15, -0.1) is 0 Å². The number of benzene rings is 1. The van der Waals surface area contributed by atoms with Crippen LogP contribution < -0.4 is 0 Å². The van der Waals surface area contributed by atoms with Crippen LogP contribution in [0.25, 0.3) is 0 Å². The second-order valence-electron chi connectivity index (χ2n) is 5.96. The van der Waals surface area contributed by atoms with Crippen LogP contribution in [0.1, 0.15) is 31.2 Å². The molecule has 2 saturated heterocycles. The first-order valence-electron chi connectivity index (χ1n) is 7.56. The predicted molar refractivity (Wildman–Crippen MR) is 83.1 cm³/mol. The van der Waals surface area contributed by atoms with E-state index in [-0.39, 0.29) is 11.5 Å². The smallest absolute Gasteiger partial charge is 0.140 e. The van der Waals surface area contributed by atoms with Crippen LogP contribution in [0.4, 0.5) is 0 Å². The maximum atomic E-state index is 12.5. The van der Waals surface area contributed by atoms with Crippen LogP contribution in [-0.4, -0.2) is 29.5 Å². The fraction of sp³-hybridized carbons (Fsp3) is 0.588. The van der Waals surface area contributed by atoms with Crippen molar-refractivity contribution in [3.63, 3.8) is 0 Å². The van der Waals surface area contributed by atoms with Crippen molar-refractivity contribution in [3.8, 4) is 0 Å². The first-order chi connectivity index (χ1) is 9.77. The van der Waals surface area contributed by atoms with Gasteiger partial charge in [0.05, 0.1) is 5.60 Å². The first-order valence-corrected chi connectivity index (χ1v) is 8.71. The minimum Gasteiger partial charge on any atom is -0.375 e. The van der Waals surface area contributed by atoms with E-state index in [4.69, 9.17) is 4.74 Å². The average molecular weight is 290 g/mol. The SMILES string of the molecule is O=C(Cc1ccccc1)C1CCOC2(CCSCC2)C1. The van der Waals surface area contributed by atoms with Gasteiger partial charge in [0, 0.05) is 18.9 Å². The van der Waals surface area contributed by atoms with E-state index in [0.29, 0.717) is 12.2 Å². The predicted octanol–water partition coefficient (Wildman–Crippen LogP) is 3.49. The van der Waals surface area contributed by atoms with Crippen LogP contribution in [0.5, 0.6) is 0 Å². The number of hydrogen-bond acceptors (Lipinski definition) is 3. The van der Waals surface area contributed by atoms with Crippen molar-refractivity contribution in [2.45, 2.75) is 37.7 Å². The molecule has 2 aliphatic rings. The molecule has 0 saturated carbocycles. The number of ketones is 1. The Morgan fingerprint density at radius 1 is 1.25 bits per heavy atom. The van der Waals surface area contributed by atoms with Gasteiger partial charge in [-0.25, -0.2) is 0 Å². The summed E-state index contributed by atoms with van der Waals surface area (Å²) in [4.78, 5) is 12.5. The number of hydrogen-bond donors (Lipinski definition) is 0. The van der Waals surface area contributed by atoms with Gasteiger partial charge in [-0.1, -0.05) is 30.3 Å². The Kier molecular flexibility index (Phi) is 4.47. The highest BCUT2D eigenvalue weighted by Gasteiger charge is 2.40. The third kappa shape index (κ3) is 3.26. The minimum absolute atomic E-state index is 0.0144. The van der Waals surface area contributed by atoms with Crippen molar-refractivity contribution in [2.24, 2.45) is 5.92 Å². The van der Waals surface area contributed by atoms with E-state index in [9.17, 15) is 4.79 Å². The second-order valence-corrected chi connectivity index (χ2v) is 7.19. The Hall–Kier alpha value is -0.800. The highest BCUT2D eigenvalue weighted by Crippen LogP contribution is 2.40. The van der Waals surface area contributed by atoms with Crippen molar-refractivity contribution in [1.29, 1.82) is 0 Å². The lowest BCUT2D eigenvalue weighted by Gasteiger charge is -2.43. The maximum absolute atomic E-state index is 12.5. The molecule has 0 amide bonds. The Balaban J connectivity index is 1.63. The summed E-state index contributed by atoms with van der Waals surface area (Å²) in [5.74, 6) is 2.96. The van der Waals surface area contributed by atoms with Crippen molar-refractivity contribution >= 4 is 17.5 Å². The molecule has 1 aromatic rings. The van der Waals surface area contributed by atoms with Gasteiger partial charge in [0.1, 0.15) is 5.78 Å². The van der Waals surface area contributed by atoms with E-state index in [1.165, 1.54) is 11.5 Å². The van der Waals surface area contributed by atoms with E-state index >= 15 is 0 Å². The van der Waals surface area contributed by atoms with Crippen LogP contribution >= 0.6 is 11.8 Å². The zero-order valence-corrected chi connectivity index (χ0v) is 12.7. The van der Waals surface area contributed by atoms with Crippen LogP contribution in [-0.2, 0) is 16.0 Å². The molecule has 108 valence electrons. The molecule has 0 aromatic heterocycles. The zero-order chi connectivity index (χ0) is 13.8. The minimum atomic E-state index is 0.0144. The summed E-state index contributed by atoms with van der Waals surface area (Å²) in [6.07, 6.45) is 4.66. The quantitative estimate of drug-likeness (QED) is 0.852.